The summed E-state index contributed by atoms with van der Waals surface area (Å²) in [5, 5.41) is 0. The summed E-state index contributed by atoms with van der Waals surface area (Å²) < 4.78 is 5.26. The number of nitrogens with zero attached hydrogens (tertiary/aromatic N) is 1. The van der Waals surface area contributed by atoms with Crippen LogP contribution in [0.2, 0.25) is 0 Å². The van der Waals surface area contributed by atoms with Crippen LogP contribution in [0.25, 0.3) is 0 Å². The standard InChI is InChI=1S/C15H22N2O2/c1-3-17-14(18)9-5-8-13(16)15(17)11-6-4-7-12(10-11)19-2/h4,6-7,10,13,15H,3,5,8-9,16H2,1-2H3. The minimum Gasteiger partial charge on any atom is -0.497 e. The Morgan fingerprint density at radius 1 is 1.47 bits per heavy atom. The summed E-state index contributed by atoms with van der Waals surface area (Å²) in [5.74, 6) is 1.00. The van der Waals surface area contributed by atoms with Gasteiger partial charge in [-0.2, -0.15) is 0 Å². The largest absolute Gasteiger partial charge is 0.497 e. The fourth-order valence-corrected chi connectivity index (χ4v) is 2.80. The van der Waals surface area contributed by atoms with Crippen molar-refractivity contribution in [2.24, 2.45) is 5.73 Å². The van der Waals surface area contributed by atoms with Crippen molar-refractivity contribution in [2.45, 2.75) is 38.3 Å². The molecule has 0 bridgehead atoms. The Balaban J connectivity index is 2.38. The molecule has 4 nitrogen and oxygen atoms in total. The molecule has 0 aromatic heterocycles. The molecule has 2 N–H and O–H groups in total. The third-order valence-electron chi connectivity index (χ3n) is 3.77. The zero-order valence-electron chi connectivity index (χ0n) is 11.6. The Labute approximate surface area is 114 Å². The molecule has 1 heterocycles. The normalized spacial score (nSPS) is 24.2. The lowest BCUT2D eigenvalue weighted by Gasteiger charge is -2.33. The number of nitrogens with two attached hydrogens (primary N) is 1. The summed E-state index contributed by atoms with van der Waals surface area (Å²) in [4.78, 5) is 14.1. The first-order chi connectivity index (χ1) is 9.17. The van der Waals surface area contributed by atoms with E-state index >= 15 is 0 Å². The van der Waals surface area contributed by atoms with Crippen LogP contribution in [0.1, 0.15) is 37.8 Å². The Hall–Kier alpha value is -1.55. The van der Waals surface area contributed by atoms with E-state index in [2.05, 4.69) is 0 Å². The van der Waals surface area contributed by atoms with E-state index in [1.165, 1.54) is 0 Å². The lowest BCUT2D eigenvalue weighted by Crippen LogP contribution is -2.42. The first kappa shape index (κ1) is 13.9. The maximum atomic E-state index is 12.2. The molecule has 1 aliphatic rings. The smallest absolute Gasteiger partial charge is 0.223 e. The summed E-state index contributed by atoms with van der Waals surface area (Å²) in [7, 11) is 1.65. The Kier molecular flexibility index (Phi) is 4.43. The maximum Gasteiger partial charge on any atom is 0.223 e. The lowest BCUT2D eigenvalue weighted by molar-refractivity contribution is -0.133. The topological polar surface area (TPSA) is 55.6 Å². The van der Waals surface area contributed by atoms with Crippen LogP contribution in [-0.4, -0.2) is 30.5 Å². The van der Waals surface area contributed by atoms with Crippen LogP contribution in [0.3, 0.4) is 0 Å². The van der Waals surface area contributed by atoms with Crippen molar-refractivity contribution in [1.82, 2.24) is 4.90 Å². The number of methoxy groups -OCH3 is 1. The summed E-state index contributed by atoms with van der Waals surface area (Å²) in [6, 6.07) is 7.79. The van der Waals surface area contributed by atoms with Crippen LogP contribution in [0.15, 0.2) is 24.3 Å². The fourth-order valence-electron chi connectivity index (χ4n) is 2.80. The van der Waals surface area contributed by atoms with E-state index in [9.17, 15) is 4.79 Å². The molecule has 1 aromatic carbocycles. The predicted molar refractivity (Wildman–Crippen MR) is 74.9 cm³/mol. The Bertz CT molecular complexity index is 448. The van der Waals surface area contributed by atoms with Gasteiger partial charge in [0.15, 0.2) is 0 Å². The van der Waals surface area contributed by atoms with Crippen molar-refractivity contribution in [1.29, 1.82) is 0 Å². The molecule has 4 heteroatoms. The molecule has 1 fully saturated rings. The van der Waals surface area contributed by atoms with Crippen molar-refractivity contribution >= 4 is 5.91 Å². The first-order valence-electron chi connectivity index (χ1n) is 6.86. The van der Waals surface area contributed by atoms with Gasteiger partial charge >= 0.3 is 0 Å². The molecule has 0 aliphatic carbocycles. The maximum absolute atomic E-state index is 12.2. The van der Waals surface area contributed by atoms with E-state index in [-0.39, 0.29) is 18.0 Å². The van der Waals surface area contributed by atoms with Crippen molar-refractivity contribution in [2.75, 3.05) is 13.7 Å². The van der Waals surface area contributed by atoms with Crippen LogP contribution in [0, 0.1) is 0 Å². The van der Waals surface area contributed by atoms with Crippen LogP contribution in [0.5, 0.6) is 5.75 Å². The first-order valence-corrected chi connectivity index (χ1v) is 6.86. The summed E-state index contributed by atoms with van der Waals surface area (Å²) in [6.45, 7) is 2.69. The van der Waals surface area contributed by atoms with E-state index in [1.807, 2.05) is 36.1 Å². The number of hydrogen-bond donors (Lipinski definition) is 1. The number of benzene rings is 1. The number of likely N-dealkylation sites (N-methyl/N-ethyl adjacent to an activating group) is 1. The van der Waals surface area contributed by atoms with Crippen molar-refractivity contribution < 1.29 is 9.53 Å². The van der Waals surface area contributed by atoms with Gasteiger partial charge in [0.1, 0.15) is 5.75 Å². The van der Waals surface area contributed by atoms with Crippen LogP contribution < -0.4 is 10.5 Å². The number of hydrogen-bond acceptors (Lipinski definition) is 3. The lowest BCUT2D eigenvalue weighted by atomic mass is 9.96. The second-order valence-corrected chi connectivity index (χ2v) is 4.96. The van der Waals surface area contributed by atoms with Gasteiger partial charge in [-0.25, -0.2) is 0 Å². The van der Waals surface area contributed by atoms with E-state index < -0.39 is 0 Å². The molecule has 0 saturated carbocycles. The zero-order chi connectivity index (χ0) is 13.8. The molecule has 2 unspecified atom stereocenters. The van der Waals surface area contributed by atoms with Gasteiger partial charge in [-0.3, -0.25) is 4.79 Å². The number of ether oxygens (including phenoxy) is 1. The summed E-state index contributed by atoms with van der Waals surface area (Å²) >= 11 is 0. The Morgan fingerprint density at radius 2 is 2.26 bits per heavy atom. The molecule has 1 aromatic rings. The zero-order valence-corrected chi connectivity index (χ0v) is 11.6. The van der Waals surface area contributed by atoms with Gasteiger partial charge in [-0.05, 0) is 37.5 Å². The molecule has 1 saturated heterocycles. The highest BCUT2D eigenvalue weighted by molar-refractivity contribution is 5.77. The number of carbonyl (C=O) groups excluding carboxylic acids is 1. The van der Waals surface area contributed by atoms with Gasteiger partial charge < -0.3 is 15.4 Å². The summed E-state index contributed by atoms with van der Waals surface area (Å²) in [5.41, 5.74) is 7.36. The van der Waals surface area contributed by atoms with Gasteiger partial charge in [0.05, 0.1) is 13.2 Å². The van der Waals surface area contributed by atoms with Gasteiger partial charge in [0, 0.05) is 19.0 Å². The molecule has 2 rings (SSSR count). The molecule has 0 radical (unpaired) electrons. The highest BCUT2D eigenvalue weighted by atomic mass is 16.5. The van der Waals surface area contributed by atoms with Gasteiger partial charge in [-0.1, -0.05) is 12.1 Å². The molecule has 1 amide bonds. The third kappa shape index (κ3) is 2.89. The molecule has 104 valence electrons. The van der Waals surface area contributed by atoms with E-state index in [4.69, 9.17) is 10.5 Å². The average Bonchev–Trinajstić information content (AvgIpc) is 2.57. The van der Waals surface area contributed by atoms with Gasteiger partial charge in [0.2, 0.25) is 5.91 Å². The number of rotatable bonds is 3. The predicted octanol–water partition coefficient (Wildman–Crippen LogP) is 2.10. The van der Waals surface area contributed by atoms with Crippen molar-refractivity contribution in [3.63, 3.8) is 0 Å². The van der Waals surface area contributed by atoms with E-state index in [0.29, 0.717) is 13.0 Å². The van der Waals surface area contributed by atoms with Crippen LogP contribution in [-0.2, 0) is 4.79 Å². The van der Waals surface area contributed by atoms with Crippen LogP contribution in [0.4, 0.5) is 0 Å². The summed E-state index contributed by atoms with van der Waals surface area (Å²) in [6.07, 6.45) is 2.35. The third-order valence-corrected chi connectivity index (χ3v) is 3.77. The fraction of sp³-hybridized carbons (Fsp3) is 0.533. The highest BCUT2D eigenvalue weighted by Crippen LogP contribution is 2.31. The second-order valence-electron chi connectivity index (χ2n) is 4.96. The van der Waals surface area contributed by atoms with E-state index in [1.54, 1.807) is 7.11 Å². The minimum atomic E-state index is -0.0462. The molecule has 1 aliphatic heterocycles. The monoisotopic (exact) mass is 262 g/mol. The SMILES string of the molecule is CCN1C(=O)CCCC(N)C1c1cccc(OC)c1. The van der Waals surface area contributed by atoms with E-state index in [0.717, 1.165) is 24.2 Å². The molecule has 2 atom stereocenters. The number of carbonyl (C=O) groups is 1. The molecule has 0 spiro atoms. The molecular formula is C15H22N2O2. The van der Waals surface area contributed by atoms with Gasteiger partial charge in [-0.15, -0.1) is 0 Å². The number of amides is 1. The highest BCUT2D eigenvalue weighted by Gasteiger charge is 2.31. The molecule has 19 heavy (non-hydrogen) atoms. The Morgan fingerprint density at radius 3 is 2.95 bits per heavy atom. The minimum absolute atomic E-state index is 0.0153. The van der Waals surface area contributed by atoms with Gasteiger partial charge in [0.25, 0.3) is 0 Å². The van der Waals surface area contributed by atoms with Crippen molar-refractivity contribution in [3.05, 3.63) is 29.8 Å². The molecular weight excluding hydrogens is 240 g/mol. The van der Waals surface area contributed by atoms with Crippen molar-refractivity contribution in [3.8, 4) is 5.75 Å². The number of likely N-dealkylation sites (tertiary alicyclic amines) is 1. The second kappa shape index (κ2) is 6.06. The van der Waals surface area contributed by atoms with Crippen LogP contribution >= 0.6 is 0 Å². The average molecular weight is 262 g/mol. The quantitative estimate of drug-likeness (QED) is 0.907.